The molecule has 1 aromatic carbocycles. The van der Waals surface area contributed by atoms with E-state index in [4.69, 9.17) is 0 Å². The highest BCUT2D eigenvalue weighted by Gasteiger charge is 2.24. The molecule has 4 aromatic rings. The van der Waals surface area contributed by atoms with Crippen molar-refractivity contribution < 1.29 is 8.42 Å². The molecule has 0 aliphatic carbocycles. The normalized spacial score (nSPS) is 12.2. The third-order valence-corrected chi connectivity index (χ3v) is 4.83. The van der Waals surface area contributed by atoms with Gasteiger partial charge >= 0.3 is 5.69 Å². The summed E-state index contributed by atoms with van der Waals surface area (Å²) in [6, 6.07) is 10.5. The lowest BCUT2D eigenvalue weighted by Gasteiger charge is -2.06. The zero-order valence-corrected chi connectivity index (χ0v) is 13.7. The van der Waals surface area contributed by atoms with Crippen LogP contribution in [0, 0.1) is 6.92 Å². The Balaban J connectivity index is 2.32. The summed E-state index contributed by atoms with van der Waals surface area (Å²) in [7, 11) is -3.82. The molecule has 0 saturated heterocycles. The van der Waals surface area contributed by atoms with Crippen LogP contribution in [-0.4, -0.2) is 37.8 Å². The number of aromatic nitrogens is 5. The van der Waals surface area contributed by atoms with Gasteiger partial charge in [-0.1, -0.05) is 18.2 Å². The van der Waals surface area contributed by atoms with Crippen LogP contribution in [0.3, 0.4) is 0 Å². The van der Waals surface area contributed by atoms with Crippen molar-refractivity contribution in [3.63, 3.8) is 0 Å². The molecule has 0 radical (unpaired) electrons. The lowest BCUT2D eigenvalue weighted by atomic mass is 10.3. The molecule has 24 heavy (non-hydrogen) atoms. The van der Waals surface area contributed by atoms with Crippen molar-refractivity contribution in [1.82, 2.24) is 23.1 Å². The summed E-state index contributed by atoms with van der Waals surface area (Å²) in [5.41, 5.74) is 1.49. The van der Waals surface area contributed by atoms with Gasteiger partial charge in [0.15, 0.2) is 11.3 Å². The molecule has 4 rings (SSSR count). The van der Waals surface area contributed by atoms with E-state index in [0.29, 0.717) is 22.5 Å². The molecule has 0 amide bonds. The monoisotopic (exact) mass is 343 g/mol. The molecule has 0 aliphatic rings. The molecule has 8 nitrogen and oxygen atoms in total. The second-order valence-corrected chi connectivity index (χ2v) is 7.28. The smallest absolute Gasteiger partial charge is 0.256 e. The van der Waals surface area contributed by atoms with Crippen molar-refractivity contribution in [2.45, 2.75) is 6.92 Å². The Morgan fingerprint density at radius 2 is 1.79 bits per heavy atom. The first-order valence-electron chi connectivity index (χ1n) is 7.13. The number of benzene rings is 1. The van der Waals surface area contributed by atoms with Gasteiger partial charge in [0, 0.05) is 6.07 Å². The lowest BCUT2D eigenvalue weighted by Crippen LogP contribution is -2.28. The second-order valence-electron chi connectivity index (χ2n) is 5.45. The van der Waals surface area contributed by atoms with Gasteiger partial charge in [0.25, 0.3) is 0 Å². The van der Waals surface area contributed by atoms with Gasteiger partial charge in [-0.3, -0.25) is 4.57 Å². The summed E-state index contributed by atoms with van der Waals surface area (Å²) in [4.78, 5) is 17.2. The van der Waals surface area contributed by atoms with Crippen LogP contribution < -0.4 is 5.69 Å². The molecule has 0 atom stereocenters. The molecule has 0 bridgehead atoms. The van der Waals surface area contributed by atoms with Gasteiger partial charge in [-0.25, -0.2) is 22.7 Å². The van der Waals surface area contributed by atoms with Crippen molar-refractivity contribution in [2.24, 2.45) is 0 Å². The van der Waals surface area contributed by atoms with Crippen LogP contribution in [0.15, 0.2) is 47.4 Å². The minimum absolute atomic E-state index is 0.0943. The van der Waals surface area contributed by atoms with Crippen LogP contribution in [-0.2, 0) is 10.0 Å². The van der Waals surface area contributed by atoms with Gasteiger partial charge in [0.1, 0.15) is 5.52 Å². The number of imidazole rings is 1. The van der Waals surface area contributed by atoms with E-state index in [2.05, 4.69) is 10.1 Å². The maximum absolute atomic E-state index is 12.9. The van der Waals surface area contributed by atoms with Gasteiger partial charge in [-0.2, -0.15) is 9.07 Å². The van der Waals surface area contributed by atoms with Crippen LogP contribution >= 0.6 is 0 Å². The van der Waals surface area contributed by atoms with E-state index in [1.54, 1.807) is 48.0 Å². The SMILES string of the molecule is Cc1c2c(nc3ccnn13)n(S(C)(=O)=O)c(=O)n2-c1ccccc1. The maximum atomic E-state index is 12.9. The summed E-state index contributed by atoms with van der Waals surface area (Å²) >= 11 is 0. The Kier molecular flexibility index (Phi) is 2.91. The summed E-state index contributed by atoms with van der Waals surface area (Å²) in [6.07, 6.45) is 2.56. The van der Waals surface area contributed by atoms with E-state index < -0.39 is 15.7 Å². The molecule has 0 saturated carbocycles. The van der Waals surface area contributed by atoms with Gasteiger partial charge in [-0.05, 0) is 19.1 Å². The fraction of sp³-hybridized carbons (Fsp3) is 0.133. The van der Waals surface area contributed by atoms with Crippen LogP contribution in [0.25, 0.3) is 22.5 Å². The molecular weight excluding hydrogens is 330 g/mol. The number of hydrogen-bond acceptors (Lipinski definition) is 5. The summed E-state index contributed by atoms with van der Waals surface area (Å²) < 4.78 is 28.0. The van der Waals surface area contributed by atoms with Gasteiger partial charge in [0.2, 0.25) is 10.0 Å². The topological polar surface area (TPSA) is 91.3 Å². The Bertz CT molecular complexity index is 1250. The van der Waals surface area contributed by atoms with Crippen LogP contribution in [0.5, 0.6) is 0 Å². The lowest BCUT2D eigenvalue weighted by molar-refractivity contribution is 0.592. The first-order valence-corrected chi connectivity index (χ1v) is 8.98. The molecule has 0 aliphatic heterocycles. The number of fused-ring (bicyclic) bond motifs is 2. The molecule has 0 unspecified atom stereocenters. The molecule has 0 N–H and O–H groups in total. The van der Waals surface area contributed by atoms with Crippen LogP contribution in [0.2, 0.25) is 0 Å². The molecule has 9 heteroatoms. The number of rotatable bonds is 2. The average molecular weight is 343 g/mol. The first kappa shape index (κ1) is 14.6. The minimum Gasteiger partial charge on any atom is -0.256 e. The van der Waals surface area contributed by atoms with E-state index in [9.17, 15) is 13.2 Å². The van der Waals surface area contributed by atoms with Gasteiger partial charge < -0.3 is 0 Å². The fourth-order valence-electron chi connectivity index (χ4n) is 2.86. The Hall–Kier alpha value is -2.94. The fourth-order valence-corrected chi connectivity index (χ4v) is 3.67. The zero-order valence-electron chi connectivity index (χ0n) is 12.9. The van der Waals surface area contributed by atoms with E-state index in [0.717, 1.165) is 10.2 Å². The molecule has 3 heterocycles. The molecule has 0 spiro atoms. The quantitative estimate of drug-likeness (QED) is 0.540. The second kappa shape index (κ2) is 4.78. The Morgan fingerprint density at radius 3 is 2.46 bits per heavy atom. The molecule has 3 aromatic heterocycles. The zero-order chi connectivity index (χ0) is 17.1. The summed E-state index contributed by atoms with van der Waals surface area (Å²) in [5.74, 6) is 0. The van der Waals surface area contributed by atoms with Crippen molar-refractivity contribution in [1.29, 1.82) is 0 Å². The number of hydrogen-bond donors (Lipinski definition) is 0. The van der Waals surface area contributed by atoms with E-state index in [1.165, 1.54) is 4.57 Å². The first-order chi connectivity index (χ1) is 11.4. The predicted molar refractivity (Wildman–Crippen MR) is 89.1 cm³/mol. The third kappa shape index (κ3) is 1.91. The summed E-state index contributed by atoms with van der Waals surface area (Å²) in [6.45, 7) is 1.77. The van der Waals surface area contributed by atoms with E-state index in [-0.39, 0.29) is 5.65 Å². The number of aryl methyl sites for hydroxylation is 1. The highest BCUT2D eigenvalue weighted by Crippen LogP contribution is 2.21. The van der Waals surface area contributed by atoms with Crippen molar-refractivity contribution in [2.75, 3.05) is 6.26 Å². The predicted octanol–water partition coefficient (Wildman–Crippen LogP) is 0.951. The van der Waals surface area contributed by atoms with Crippen molar-refractivity contribution >= 4 is 26.8 Å². The minimum atomic E-state index is -3.82. The summed E-state index contributed by atoms with van der Waals surface area (Å²) in [5, 5.41) is 4.18. The Morgan fingerprint density at radius 1 is 1.08 bits per heavy atom. The van der Waals surface area contributed by atoms with Crippen molar-refractivity contribution in [3.8, 4) is 5.69 Å². The van der Waals surface area contributed by atoms with Gasteiger partial charge in [-0.15, -0.1) is 0 Å². The largest absolute Gasteiger partial charge is 0.349 e. The van der Waals surface area contributed by atoms with Crippen LogP contribution in [0.4, 0.5) is 0 Å². The Labute approximate surface area is 136 Å². The van der Waals surface area contributed by atoms with Crippen molar-refractivity contribution in [3.05, 3.63) is 58.8 Å². The molecular formula is C15H13N5O3S. The number of nitrogens with zero attached hydrogens (tertiary/aromatic N) is 5. The molecule has 0 fully saturated rings. The van der Waals surface area contributed by atoms with Gasteiger partial charge in [0.05, 0.1) is 23.8 Å². The number of para-hydroxylation sites is 1. The standard InChI is InChI=1S/C15H13N5O3S/c1-10-13-14(17-12-8-9-16-19(10)12)20(24(2,22)23)15(21)18(13)11-6-4-3-5-7-11/h3-9H,1-2H3. The average Bonchev–Trinajstić information content (AvgIpc) is 3.10. The van der Waals surface area contributed by atoms with E-state index in [1.807, 2.05) is 6.07 Å². The highest BCUT2D eigenvalue weighted by molar-refractivity contribution is 7.89. The third-order valence-electron chi connectivity index (χ3n) is 3.84. The van der Waals surface area contributed by atoms with E-state index >= 15 is 0 Å². The van der Waals surface area contributed by atoms with Crippen LogP contribution in [0.1, 0.15) is 5.69 Å². The highest BCUT2D eigenvalue weighted by atomic mass is 32.2. The molecule has 122 valence electrons. The maximum Gasteiger partial charge on any atom is 0.349 e.